The van der Waals surface area contributed by atoms with Crippen LogP contribution in [-0.4, -0.2) is 14.5 Å². The topological polar surface area (TPSA) is 46.2 Å². The molecule has 1 unspecified atom stereocenters. The Labute approximate surface area is 110 Å². The van der Waals surface area contributed by atoms with Crippen LogP contribution in [0.15, 0.2) is 46.9 Å². The fourth-order valence-corrected chi connectivity index (χ4v) is 3.05. The summed E-state index contributed by atoms with van der Waals surface area (Å²) >= 11 is 0. The molecule has 1 atom stereocenters. The van der Waals surface area contributed by atoms with Gasteiger partial charge in [-0.25, -0.2) is 13.1 Å². The molecule has 0 bridgehead atoms. The van der Waals surface area contributed by atoms with Gasteiger partial charge in [0.05, 0.1) is 4.90 Å². The Bertz CT molecular complexity index is 492. The lowest BCUT2D eigenvalue weighted by atomic mass is 10.1. The first-order valence-electron chi connectivity index (χ1n) is 6.21. The first-order chi connectivity index (χ1) is 8.51. The molecule has 0 saturated heterocycles. The van der Waals surface area contributed by atoms with Crippen molar-refractivity contribution in [3.63, 3.8) is 0 Å². The summed E-state index contributed by atoms with van der Waals surface area (Å²) in [7, 11) is -3.43. The molecule has 0 heterocycles. The lowest BCUT2D eigenvalue weighted by Crippen LogP contribution is -2.35. The molecular formula is C14H21NO2S. The summed E-state index contributed by atoms with van der Waals surface area (Å²) in [5, 5.41) is 0. The summed E-state index contributed by atoms with van der Waals surface area (Å²) in [5.74, 6) is 0. The van der Waals surface area contributed by atoms with E-state index in [1.54, 1.807) is 30.3 Å². The largest absolute Gasteiger partial charge is 0.241 e. The van der Waals surface area contributed by atoms with Gasteiger partial charge >= 0.3 is 0 Å². The van der Waals surface area contributed by atoms with Crippen molar-refractivity contribution in [1.29, 1.82) is 0 Å². The van der Waals surface area contributed by atoms with E-state index in [0.29, 0.717) is 4.90 Å². The van der Waals surface area contributed by atoms with Crippen LogP contribution in [0.5, 0.6) is 0 Å². The summed E-state index contributed by atoms with van der Waals surface area (Å²) in [6.07, 6.45) is 3.70. The normalized spacial score (nSPS) is 14.5. The molecule has 0 spiro atoms. The van der Waals surface area contributed by atoms with E-state index in [-0.39, 0.29) is 6.04 Å². The highest BCUT2D eigenvalue weighted by Crippen LogP contribution is 2.14. The Balaban J connectivity index is 2.93. The molecule has 0 aliphatic rings. The molecule has 0 aliphatic carbocycles. The van der Waals surface area contributed by atoms with Crippen molar-refractivity contribution < 1.29 is 8.42 Å². The zero-order chi connectivity index (χ0) is 13.6. The first kappa shape index (κ1) is 14.9. The molecule has 0 saturated carbocycles. The van der Waals surface area contributed by atoms with Crippen LogP contribution in [-0.2, 0) is 10.0 Å². The van der Waals surface area contributed by atoms with Gasteiger partial charge in [-0.1, -0.05) is 43.2 Å². The molecule has 3 nitrogen and oxygen atoms in total. The monoisotopic (exact) mass is 267 g/mol. The van der Waals surface area contributed by atoms with Gasteiger partial charge < -0.3 is 0 Å². The summed E-state index contributed by atoms with van der Waals surface area (Å²) in [6, 6.07) is 8.36. The third kappa shape index (κ3) is 3.96. The number of sulfonamides is 1. The summed E-state index contributed by atoms with van der Waals surface area (Å²) in [6.45, 7) is 5.93. The van der Waals surface area contributed by atoms with E-state index in [2.05, 4.69) is 4.72 Å². The fourth-order valence-electron chi connectivity index (χ4n) is 1.72. The molecule has 1 aromatic carbocycles. The second-order valence-electron chi connectivity index (χ2n) is 4.31. The van der Waals surface area contributed by atoms with Gasteiger partial charge in [0.1, 0.15) is 0 Å². The van der Waals surface area contributed by atoms with E-state index in [9.17, 15) is 8.42 Å². The molecular weight excluding hydrogens is 246 g/mol. The van der Waals surface area contributed by atoms with E-state index >= 15 is 0 Å². The molecule has 1 rings (SSSR count). The van der Waals surface area contributed by atoms with E-state index in [1.807, 2.05) is 26.8 Å². The minimum absolute atomic E-state index is 0.120. The first-order valence-corrected chi connectivity index (χ1v) is 7.69. The molecule has 0 aromatic heterocycles. The predicted octanol–water partition coefficient (Wildman–Crippen LogP) is 3.10. The van der Waals surface area contributed by atoms with Crippen LogP contribution in [0.25, 0.3) is 0 Å². The molecule has 1 N–H and O–H groups in total. The van der Waals surface area contributed by atoms with Crippen molar-refractivity contribution in [2.45, 2.75) is 44.6 Å². The van der Waals surface area contributed by atoms with Crippen molar-refractivity contribution in [1.82, 2.24) is 4.72 Å². The van der Waals surface area contributed by atoms with E-state index in [4.69, 9.17) is 0 Å². The molecule has 1 aromatic rings. The van der Waals surface area contributed by atoms with Gasteiger partial charge in [-0.2, -0.15) is 0 Å². The molecule has 0 radical (unpaired) electrons. The molecule has 4 heteroatoms. The number of nitrogens with one attached hydrogen (secondary N) is 1. The standard InChI is InChI=1S/C14H21NO2S/c1-4-9-14(12(3)5-2)15-18(16,17)13-10-7-6-8-11-13/h5-8,10-11,14-15H,4,9H2,1-3H3/b12-5+. The third-order valence-corrected chi connectivity index (χ3v) is 4.42. The van der Waals surface area contributed by atoms with Crippen molar-refractivity contribution in [2.24, 2.45) is 0 Å². The van der Waals surface area contributed by atoms with Crippen LogP contribution in [0.4, 0.5) is 0 Å². The predicted molar refractivity (Wildman–Crippen MR) is 74.9 cm³/mol. The highest BCUT2D eigenvalue weighted by Gasteiger charge is 2.19. The summed E-state index contributed by atoms with van der Waals surface area (Å²) in [5.41, 5.74) is 1.05. The lowest BCUT2D eigenvalue weighted by molar-refractivity contribution is 0.552. The molecule has 18 heavy (non-hydrogen) atoms. The van der Waals surface area contributed by atoms with Crippen LogP contribution >= 0.6 is 0 Å². The zero-order valence-electron chi connectivity index (χ0n) is 11.2. The third-order valence-electron chi connectivity index (χ3n) is 2.93. The van der Waals surface area contributed by atoms with Crippen LogP contribution in [0.1, 0.15) is 33.6 Å². The van der Waals surface area contributed by atoms with Crippen molar-refractivity contribution in [2.75, 3.05) is 0 Å². The summed E-state index contributed by atoms with van der Waals surface area (Å²) in [4.78, 5) is 0.315. The second-order valence-corrected chi connectivity index (χ2v) is 6.02. The number of hydrogen-bond acceptors (Lipinski definition) is 2. The average Bonchev–Trinajstić information content (AvgIpc) is 2.38. The molecule has 0 amide bonds. The Morgan fingerprint density at radius 2 is 1.94 bits per heavy atom. The quantitative estimate of drug-likeness (QED) is 0.805. The fraction of sp³-hybridized carbons (Fsp3) is 0.429. The Morgan fingerprint density at radius 1 is 1.33 bits per heavy atom. The maximum Gasteiger partial charge on any atom is 0.241 e. The Morgan fingerprint density at radius 3 is 2.44 bits per heavy atom. The van der Waals surface area contributed by atoms with Gasteiger partial charge in [0.2, 0.25) is 10.0 Å². The second kappa shape index (κ2) is 6.71. The van der Waals surface area contributed by atoms with Gasteiger partial charge in [0.15, 0.2) is 0 Å². The van der Waals surface area contributed by atoms with Crippen molar-refractivity contribution in [3.05, 3.63) is 42.0 Å². The van der Waals surface area contributed by atoms with Crippen molar-refractivity contribution in [3.8, 4) is 0 Å². The molecule has 100 valence electrons. The highest BCUT2D eigenvalue weighted by molar-refractivity contribution is 7.89. The number of rotatable bonds is 6. The smallest absolute Gasteiger partial charge is 0.207 e. The van der Waals surface area contributed by atoms with Gasteiger partial charge in [-0.3, -0.25) is 0 Å². The van der Waals surface area contributed by atoms with E-state index in [0.717, 1.165) is 18.4 Å². The number of benzene rings is 1. The molecule has 0 aliphatic heterocycles. The van der Waals surface area contributed by atoms with Gasteiger partial charge in [0.25, 0.3) is 0 Å². The zero-order valence-corrected chi connectivity index (χ0v) is 12.0. The number of allylic oxidation sites excluding steroid dienone is 1. The maximum absolute atomic E-state index is 12.2. The van der Waals surface area contributed by atoms with E-state index in [1.165, 1.54) is 0 Å². The lowest BCUT2D eigenvalue weighted by Gasteiger charge is -2.19. The Kier molecular flexibility index (Phi) is 5.56. The van der Waals surface area contributed by atoms with Gasteiger partial charge in [0, 0.05) is 6.04 Å². The van der Waals surface area contributed by atoms with Crippen LogP contribution in [0.2, 0.25) is 0 Å². The average molecular weight is 267 g/mol. The van der Waals surface area contributed by atoms with Gasteiger partial charge in [-0.15, -0.1) is 0 Å². The minimum atomic E-state index is -3.43. The Hall–Kier alpha value is -1.13. The maximum atomic E-state index is 12.2. The summed E-state index contributed by atoms with van der Waals surface area (Å²) < 4.78 is 27.2. The van der Waals surface area contributed by atoms with Crippen molar-refractivity contribution >= 4 is 10.0 Å². The van der Waals surface area contributed by atoms with Crippen LogP contribution in [0.3, 0.4) is 0 Å². The molecule has 0 fully saturated rings. The van der Waals surface area contributed by atoms with Gasteiger partial charge in [-0.05, 0) is 32.4 Å². The minimum Gasteiger partial charge on any atom is -0.207 e. The van der Waals surface area contributed by atoms with Crippen LogP contribution < -0.4 is 4.72 Å². The highest BCUT2D eigenvalue weighted by atomic mass is 32.2. The number of hydrogen-bond donors (Lipinski definition) is 1. The van der Waals surface area contributed by atoms with E-state index < -0.39 is 10.0 Å². The van der Waals surface area contributed by atoms with Crippen LogP contribution in [0, 0.1) is 0 Å². The SMILES string of the molecule is C/C=C(\C)C(CCC)NS(=O)(=O)c1ccccc1.